The van der Waals surface area contributed by atoms with Crippen molar-refractivity contribution < 1.29 is 0 Å². The fourth-order valence-electron chi connectivity index (χ4n) is 2.63. The summed E-state index contributed by atoms with van der Waals surface area (Å²) in [6.07, 6.45) is 3.83. The molecule has 3 nitrogen and oxygen atoms in total. The molecule has 0 saturated carbocycles. The minimum Gasteiger partial charge on any atom is -0.302 e. The van der Waals surface area contributed by atoms with Crippen molar-refractivity contribution in [3.05, 3.63) is 83.9 Å². The molecule has 2 heterocycles. The Balaban J connectivity index is 1.98. The summed E-state index contributed by atoms with van der Waals surface area (Å²) < 4.78 is 2.12. The molecular formula is C17H13N3. The molecule has 0 radical (unpaired) electrons. The van der Waals surface area contributed by atoms with Crippen LogP contribution in [0.25, 0.3) is 5.69 Å². The second kappa shape index (κ2) is 4.46. The normalized spacial score (nSPS) is 13.1. The lowest BCUT2D eigenvalue weighted by Gasteiger charge is -2.11. The molecule has 0 N–H and O–H groups in total. The summed E-state index contributed by atoms with van der Waals surface area (Å²) in [5.41, 5.74) is 4.47. The van der Waals surface area contributed by atoms with Crippen molar-refractivity contribution in [2.24, 2.45) is 4.99 Å². The van der Waals surface area contributed by atoms with Crippen LogP contribution in [0.5, 0.6) is 0 Å². The minimum absolute atomic E-state index is 0.603. The maximum Gasteiger partial charge on any atom is 0.134 e. The van der Waals surface area contributed by atoms with Gasteiger partial charge in [-0.15, -0.1) is 0 Å². The van der Waals surface area contributed by atoms with Crippen molar-refractivity contribution in [1.82, 2.24) is 9.55 Å². The average molecular weight is 259 g/mol. The Morgan fingerprint density at radius 2 is 1.70 bits per heavy atom. The number of fused-ring (bicyclic) bond motifs is 3. The lowest BCUT2D eigenvalue weighted by molar-refractivity contribution is 0.880. The number of aromatic nitrogens is 2. The first-order valence-corrected chi connectivity index (χ1v) is 6.65. The van der Waals surface area contributed by atoms with Crippen LogP contribution in [-0.2, 0) is 6.54 Å². The van der Waals surface area contributed by atoms with Gasteiger partial charge in [-0.3, -0.25) is 4.99 Å². The number of rotatable bonds is 1. The molecule has 20 heavy (non-hydrogen) atoms. The summed E-state index contributed by atoms with van der Waals surface area (Å²) in [4.78, 5) is 9.18. The molecule has 0 spiro atoms. The van der Waals surface area contributed by atoms with E-state index in [-0.39, 0.29) is 0 Å². The molecule has 4 rings (SSSR count). The summed E-state index contributed by atoms with van der Waals surface area (Å²) in [5.74, 6) is 0.975. The summed E-state index contributed by atoms with van der Waals surface area (Å²) >= 11 is 0. The molecule has 1 aliphatic rings. The second-order valence-corrected chi connectivity index (χ2v) is 4.76. The number of aliphatic imine (C=N–C) groups is 1. The van der Waals surface area contributed by atoms with Gasteiger partial charge in [-0.25, -0.2) is 4.98 Å². The Labute approximate surface area is 117 Å². The third kappa shape index (κ3) is 1.67. The summed E-state index contributed by atoms with van der Waals surface area (Å²) in [6, 6.07) is 18.7. The van der Waals surface area contributed by atoms with Gasteiger partial charge < -0.3 is 4.57 Å². The van der Waals surface area contributed by atoms with Gasteiger partial charge in [-0.2, -0.15) is 0 Å². The molecule has 0 atom stereocenters. The number of para-hydroxylation sites is 1. The van der Waals surface area contributed by atoms with E-state index in [1.807, 2.05) is 30.6 Å². The number of imidazole rings is 1. The van der Waals surface area contributed by atoms with Gasteiger partial charge in [-0.05, 0) is 6.07 Å². The molecule has 1 aliphatic heterocycles. The zero-order valence-electron chi connectivity index (χ0n) is 10.9. The van der Waals surface area contributed by atoms with Crippen LogP contribution in [0.15, 0.2) is 72.0 Å². The second-order valence-electron chi connectivity index (χ2n) is 4.76. The van der Waals surface area contributed by atoms with Gasteiger partial charge in [0, 0.05) is 23.5 Å². The Bertz CT molecular complexity index is 785. The van der Waals surface area contributed by atoms with Crippen LogP contribution in [0.3, 0.4) is 0 Å². The fraction of sp³-hybridized carbons (Fsp3) is 0.0588. The highest BCUT2D eigenvalue weighted by molar-refractivity contribution is 6.15. The van der Waals surface area contributed by atoms with Gasteiger partial charge in [0.15, 0.2) is 0 Å². The van der Waals surface area contributed by atoms with E-state index in [4.69, 9.17) is 4.99 Å². The molecule has 0 saturated heterocycles. The summed E-state index contributed by atoms with van der Waals surface area (Å²) in [6.45, 7) is 0.603. The molecule has 0 amide bonds. The van der Waals surface area contributed by atoms with Gasteiger partial charge in [-0.1, -0.05) is 48.5 Å². The first kappa shape index (κ1) is 11.2. The smallest absolute Gasteiger partial charge is 0.134 e. The molecule has 0 fully saturated rings. The van der Waals surface area contributed by atoms with Gasteiger partial charge in [0.25, 0.3) is 0 Å². The molecular weight excluding hydrogens is 246 g/mol. The highest BCUT2D eigenvalue weighted by Crippen LogP contribution is 2.24. The fourth-order valence-corrected chi connectivity index (χ4v) is 2.63. The van der Waals surface area contributed by atoms with Crippen molar-refractivity contribution in [3.8, 4) is 5.69 Å². The third-order valence-corrected chi connectivity index (χ3v) is 3.56. The minimum atomic E-state index is 0.603. The van der Waals surface area contributed by atoms with Crippen molar-refractivity contribution >= 4 is 5.71 Å². The third-order valence-electron chi connectivity index (χ3n) is 3.56. The quantitative estimate of drug-likeness (QED) is 0.660. The van der Waals surface area contributed by atoms with E-state index >= 15 is 0 Å². The topological polar surface area (TPSA) is 30.2 Å². The first-order valence-electron chi connectivity index (χ1n) is 6.65. The molecule has 2 aromatic carbocycles. The van der Waals surface area contributed by atoms with Crippen LogP contribution in [0.4, 0.5) is 0 Å². The Hall–Kier alpha value is -2.68. The highest BCUT2D eigenvalue weighted by atomic mass is 15.1. The zero-order chi connectivity index (χ0) is 13.4. The maximum absolute atomic E-state index is 4.78. The Morgan fingerprint density at radius 3 is 2.60 bits per heavy atom. The van der Waals surface area contributed by atoms with Crippen LogP contribution in [0.2, 0.25) is 0 Å². The summed E-state index contributed by atoms with van der Waals surface area (Å²) in [7, 11) is 0. The lowest BCUT2D eigenvalue weighted by Crippen LogP contribution is -2.06. The predicted molar refractivity (Wildman–Crippen MR) is 79.3 cm³/mol. The molecule has 96 valence electrons. The van der Waals surface area contributed by atoms with Crippen LogP contribution in [0, 0.1) is 0 Å². The molecule has 1 aromatic heterocycles. The molecule has 0 unspecified atom stereocenters. The van der Waals surface area contributed by atoms with Crippen molar-refractivity contribution in [2.75, 3.05) is 0 Å². The van der Waals surface area contributed by atoms with E-state index in [1.165, 1.54) is 0 Å². The van der Waals surface area contributed by atoms with Crippen LogP contribution < -0.4 is 0 Å². The van der Waals surface area contributed by atoms with Gasteiger partial charge >= 0.3 is 0 Å². The van der Waals surface area contributed by atoms with Crippen LogP contribution in [-0.4, -0.2) is 15.3 Å². The van der Waals surface area contributed by atoms with E-state index in [9.17, 15) is 0 Å². The van der Waals surface area contributed by atoms with E-state index in [0.29, 0.717) is 6.54 Å². The molecule has 0 aliphatic carbocycles. The molecule has 0 bridgehead atoms. The van der Waals surface area contributed by atoms with Crippen molar-refractivity contribution in [3.63, 3.8) is 0 Å². The maximum atomic E-state index is 4.78. The van der Waals surface area contributed by atoms with Crippen LogP contribution >= 0.6 is 0 Å². The van der Waals surface area contributed by atoms with Crippen molar-refractivity contribution in [1.29, 1.82) is 0 Å². The van der Waals surface area contributed by atoms with E-state index in [0.717, 1.165) is 28.4 Å². The number of nitrogens with zero attached hydrogens (tertiary/aromatic N) is 3. The summed E-state index contributed by atoms with van der Waals surface area (Å²) in [5, 5.41) is 0. The average Bonchev–Trinajstić information content (AvgIpc) is 2.92. The standard InChI is InChI=1S/C17H13N3/c1-2-6-13(7-3-1)17-14-8-4-5-9-15(14)20-11-10-18-16(20)12-19-17/h1-11H,12H2. The van der Waals surface area contributed by atoms with E-state index in [1.54, 1.807) is 0 Å². The first-order chi connectivity index (χ1) is 9.93. The highest BCUT2D eigenvalue weighted by Gasteiger charge is 2.17. The number of hydrogen-bond acceptors (Lipinski definition) is 2. The zero-order valence-corrected chi connectivity index (χ0v) is 10.9. The van der Waals surface area contributed by atoms with Crippen molar-refractivity contribution in [2.45, 2.75) is 6.54 Å². The van der Waals surface area contributed by atoms with E-state index < -0.39 is 0 Å². The van der Waals surface area contributed by atoms with Crippen LogP contribution in [0.1, 0.15) is 17.0 Å². The molecule has 3 heteroatoms. The predicted octanol–water partition coefficient (Wildman–Crippen LogP) is 3.22. The molecule has 3 aromatic rings. The Morgan fingerprint density at radius 1 is 0.900 bits per heavy atom. The monoisotopic (exact) mass is 259 g/mol. The van der Waals surface area contributed by atoms with E-state index in [2.05, 4.69) is 45.9 Å². The SMILES string of the molecule is c1ccc(C2=NCc3nccn3-c3ccccc32)cc1. The lowest BCUT2D eigenvalue weighted by atomic mass is 10.0. The largest absolute Gasteiger partial charge is 0.302 e. The van der Waals surface area contributed by atoms with Gasteiger partial charge in [0.2, 0.25) is 0 Å². The van der Waals surface area contributed by atoms with Gasteiger partial charge in [0.05, 0.1) is 17.9 Å². The number of benzene rings is 2. The number of hydrogen-bond donors (Lipinski definition) is 0. The Kier molecular flexibility index (Phi) is 2.49. The van der Waals surface area contributed by atoms with Gasteiger partial charge in [0.1, 0.15) is 5.82 Å².